The minimum atomic E-state index is -0.673. The number of hydrogen-bond acceptors (Lipinski definition) is 2. The van der Waals surface area contributed by atoms with Gasteiger partial charge in [0.2, 0.25) is 0 Å². The molecule has 1 aromatic carbocycles. The number of phenolic OH excluding ortho intramolecular Hbond substituents is 1. The van der Waals surface area contributed by atoms with E-state index in [1.54, 1.807) is 12.1 Å². The SMILES string of the molecule is CC(Cc1cccc(O)c1)C1CC1C(=O)O. The molecule has 2 rings (SSSR count). The number of aliphatic carboxylic acids is 1. The molecule has 3 unspecified atom stereocenters. The van der Waals surface area contributed by atoms with E-state index in [0.29, 0.717) is 11.8 Å². The smallest absolute Gasteiger partial charge is 0.306 e. The van der Waals surface area contributed by atoms with Gasteiger partial charge in [-0.3, -0.25) is 4.79 Å². The molecule has 1 aromatic rings. The summed E-state index contributed by atoms with van der Waals surface area (Å²) < 4.78 is 0. The average molecular weight is 220 g/mol. The molecule has 2 N–H and O–H groups in total. The van der Waals surface area contributed by atoms with Gasteiger partial charge in [0.05, 0.1) is 5.92 Å². The maximum absolute atomic E-state index is 10.7. The third-order valence-electron chi connectivity index (χ3n) is 3.36. The third-order valence-corrected chi connectivity index (χ3v) is 3.36. The van der Waals surface area contributed by atoms with Gasteiger partial charge >= 0.3 is 5.97 Å². The van der Waals surface area contributed by atoms with Gasteiger partial charge < -0.3 is 10.2 Å². The van der Waals surface area contributed by atoms with E-state index in [9.17, 15) is 9.90 Å². The summed E-state index contributed by atoms with van der Waals surface area (Å²) in [5.74, 6) is 0.123. The first-order chi connectivity index (χ1) is 7.58. The Labute approximate surface area is 94.7 Å². The van der Waals surface area contributed by atoms with E-state index in [1.165, 1.54) is 0 Å². The van der Waals surface area contributed by atoms with Crippen LogP contribution in [0.2, 0.25) is 0 Å². The Morgan fingerprint density at radius 3 is 2.88 bits per heavy atom. The summed E-state index contributed by atoms with van der Waals surface area (Å²) in [5, 5.41) is 18.2. The van der Waals surface area contributed by atoms with E-state index in [4.69, 9.17) is 5.11 Å². The molecule has 0 aliphatic heterocycles. The lowest BCUT2D eigenvalue weighted by atomic mass is 9.95. The van der Waals surface area contributed by atoms with Crippen LogP contribution in [0.5, 0.6) is 5.75 Å². The summed E-state index contributed by atoms with van der Waals surface area (Å²) in [6.45, 7) is 2.08. The first-order valence-corrected chi connectivity index (χ1v) is 5.58. The lowest BCUT2D eigenvalue weighted by Gasteiger charge is -2.10. The largest absolute Gasteiger partial charge is 0.508 e. The molecule has 0 heterocycles. The molecule has 1 aliphatic rings. The summed E-state index contributed by atoms with van der Waals surface area (Å²) in [4.78, 5) is 10.7. The zero-order chi connectivity index (χ0) is 11.7. The predicted molar refractivity (Wildman–Crippen MR) is 60.2 cm³/mol. The summed E-state index contributed by atoms with van der Waals surface area (Å²) in [5.41, 5.74) is 1.07. The minimum absolute atomic E-state index is 0.146. The number of hydrogen-bond donors (Lipinski definition) is 2. The molecular formula is C13H16O3. The number of rotatable bonds is 4. The second-order valence-corrected chi connectivity index (χ2v) is 4.70. The molecule has 1 aliphatic carbocycles. The van der Waals surface area contributed by atoms with Crippen molar-refractivity contribution in [3.63, 3.8) is 0 Å². The molecule has 16 heavy (non-hydrogen) atoms. The zero-order valence-corrected chi connectivity index (χ0v) is 9.26. The number of carboxylic acid groups (broad SMARTS) is 1. The van der Waals surface area contributed by atoms with Gasteiger partial charge in [0.15, 0.2) is 0 Å². The Kier molecular flexibility index (Phi) is 2.86. The zero-order valence-electron chi connectivity index (χ0n) is 9.26. The van der Waals surface area contributed by atoms with Crippen molar-refractivity contribution in [1.82, 2.24) is 0 Å². The van der Waals surface area contributed by atoms with Crippen LogP contribution < -0.4 is 0 Å². The van der Waals surface area contributed by atoms with Crippen LogP contribution in [0.15, 0.2) is 24.3 Å². The molecule has 0 aromatic heterocycles. The van der Waals surface area contributed by atoms with E-state index in [1.807, 2.05) is 12.1 Å². The topological polar surface area (TPSA) is 57.5 Å². The second kappa shape index (κ2) is 4.16. The highest BCUT2D eigenvalue weighted by molar-refractivity contribution is 5.73. The van der Waals surface area contributed by atoms with Gasteiger partial charge in [-0.2, -0.15) is 0 Å². The van der Waals surface area contributed by atoms with E-state index in [0.717, 1.165) is 18.4 Å². The van der Waals surface area contributed by atoms with Crippen LogP contribution in [0.3, 0.4) is 0 Å². The molecule has 0 amide bonds. The quantitative estimate of drug-likeness (QED) is 0.818. The number of carboxylic acids is 1. The molecule has 3 atom stereocenters. The number of benzene rings is 1. The normalized spacial score (nSPS) is 25.1. The van der Waals surface area contributed by atoms with Crippen molar-refractivity contribution in [2.75, 3.05) is 0 Å². The van der Waals surface area contributed by atoms with Crippen molar-refractivity contribution in [2.24, 2.45) is 17.8 Å². The van der Waals surface area contributed by atoms with Crippen LogP contribution in [0.25, 0.3) is 0 Å². The van der Waals surface area contributed by atoms with Crippen molar-refractivity contribution >= 4 is 5.97 Å². The van der Waals surface area contributed by atoms with E-state index in [2.05, 4.69) is 6.92 Å². The summed E-state index contributed by atoms with van der Waals surface area (Å²) in [6.07, 6.45) is 1.64. The number of aromatic hydroxyl groups is 1. The van der Waals surface area contributed by atoms with E-state index in [-0.39, 0.29) is 11.7 Å². The monoisotopic (exact) mass is 220 g/mol. The van der Waals surface area contributed by atoms with Crippen molar-refractivity contribution in [3.05, 3.63) is 29.8 Å². The highest BCUT2D eigenvalue weighted by Gasteiger charge is 2.45. The summed E-state index contributed by atoms with van der Waals surface area (Å²) in [7, 11) is 0. The average Bonchev–Trinajstić information content (AvgIpc) is 2.96. The van der Waals surface area contributed by atoms with E-state index >= 15 is 0 Å². The Balaban J connectivity index is 1.93. The predicted octanol–water partition coefficient (Wildman–Crippen LogP) is 2.29. The van der Waals surface area contributed by atoms with Crippen molar-refractivity contribution in [2.45, 2.75) is 19.8 Å². The van der Waals surface area contributed by atoms with Gasteiger partial charge in [0.1, 0.15) is 5.75 Å². The fourth-order valence-corrected chi connectivity index (χ4v) is 2.33. The molecule has 1 saturated carbocycles. The first-order valence-electron chi connectivity index (χ1n) is 5.58. The van der Waals surface area contributed by atoms with Crippen molar-refractivity contribution in [3.8, 4) is 5.75 Å². The molecule has 0 bridgehead atoms. The van der Waals surface area contributed by atoms with Crippen LogP contribution in [0, 0.1) is 17.8 Å². The van der Waals surface area contributed by atoms with Crippen LogP contribution in [0.1, 0.15) is 18.9 Å². The molecule has 0 saturated heterocycles. The molecule has 1 fully saturated rings. The van der Waals surface area contributed by atoms with Gasteiger partial charge in [-0.05, 0) is 42.4 Å². The summed E-state index contributed by atoms with van der Waals surface area (Å²) >= 11 is 0. The highest BCUT2D eigenvalue weighted by atomic mass is 16.4. The van der Waals surface area contributed by atoms with Gasteiger partial charge in [0, 0.05) is 0 Å². The third kappa shape index (κ3) is 2.35. The Morgan fingerprint density at radius 2 is 2.31 bits per heavy atom. The standard InChI is InChI=1S/C13H16O3/c1-8(11-7-12(11)13(15)16)5-9-3-2-4-10(14)6-9/h2-4,6,8,11-12,14H,5,7H2,1H3,(H,15,16). The molecule has 0 radical (unpaired) electrons. The fourth-order valence-electron chi connectivity index (χ4n) is 2.33. The molecule has 0 spiro atoms. The van der Waals surface area contributed by atoms with Gasteiger partial charge in [0.25, 0.3) is 0 Å². The van der Waals surface area contributed by atoms with Gasteiger partial charge in [-0.25, -0.2) is 0 Å². The minimum Gasteiger partial charge on any atom is -0.508 e. The fraction of sp³-hybridized carbons (Fsp3) is 0.462. The Morgan fingerprint density at radius 1 is 1.56 bits per heavy atom. The van der Waals surface area contributed by atoms with Crippen molar-refractivity contribution < 1.29 is 15.0 Å². The maximum atomic E-state index is 10.7. The maximum Gasteiger partial charge on any atom is 0.306 e. The van der Waals surface area contributed by atoms with Crippen LogP contribution in [-0.4, -0.2) is 16.2 Å². The molecular weight excluding hydrogens is 204 g/mol. The van der Waals surface area contributed by atoms with Crippen LogP contribution >= 0.6 is 0 Å². The van der Waals surface area contributed by atoms with Crippen LogP contribution in [-0.2, 0) is 11.2 Å². The van der Waals surface area contributed by atoms with E-state index < -0.39 is 5.97 Å². The molecule has 3 heteroatoms. The second-order valence-electron chi connectivity index (χ2n) is 4.70. The highest BCUT2D eigenvalue weighted by Crippen LogP contribution is 2.45. The lowest BCUT2D eigenvalue weighted by molar-refractivity contribution is -0.139. The van der Waals surface area contributed by atoms with Crippen LogP contribution in [0.4, 0.5) is 0 Å². The van der Waals surface area contributed by atoms with Crippen molar-refractivity contribution in [1.29, 1.82) is 0 Å². The number of carbonyl (C=O) groups is 1. The molecule has 3 nitrogen and oxygen atoms in total. The van der Waals surface area contributed by atoms with Gasteiger partial charge in [-0.1, -0.05) is 19.1 Å². The number of phenols is 1. The first kappa shape index (κ1) is 11.0. The Hall–Kier alpha value is -1.51. The Bertz CT molecular complexity index is 400. The summed E-state index contributed by atoms with van der Waals surface area (Å²) in [6, 6.07) is 7.17. The molecule has 86 valence electrons. The van der Waals surface area contributed by atoms with Gasteiger partial charge in [-0.15, -0.1) is 0 Å². The lowest BCUT2D eigenvalue weighted by Crippen LogP contribution is -2.08.